The first-order valence-corrected chi connectivity index (χ1v) is 7.04. The molecule has 0 aromatic heterocycles. The van der Waals surface area contributed by atoms with E-state index in [1.807, 2.05) is 0 Å². The van der Waals surface area contributed by atoms with Gasteiger partial charge in [0.15, 0.2) is 0 Å². The Labute approximate surface area is 109 Å². The molecule has 1 saturated carbocycles. The molecule has 0 heteroatoms. The summed E-state index contributed by atoms with van der Waals surface area (Å²) < 4.78 is 0. The lowest BCUT2D eigenvalue weighted by Gasteiger charge is -2.18. The Morgan fingerprint density at radius 3 is 2.33 bits per heavy atom. The Hall–Kier alpha value is -1.56. The highest BCUT2D eigenvalue weighted by atomic mass is 14.4. The molecular formula is C18H18. The molecule has 1 fully saturated rings. The minimum Gasteiger partial charge on any atom is -0.0808 e. The van der Waals surface area contributed by atoms with Gasteiger partial charge in [0, 0.05) is 5.92 Å². The van der Waals surface area contributed by atoms with Crippen molar-refractivity contribution in [1.29, 1.82) is 0 Å². The first kappa shape index (κ1) is 10.4. The van der Waals surface area contributed by atoms with Crippen LogP contribution < -0.4 is 0 Å². The molecule has 1 aromatic rings. The Morgan fingerprint density at radius 1 is 0.833 bits per heavy atom. The molecule has 3 aliphatic rings. The molecule has 0 heterocycles. The molecule has 0 aliphatic heterocycles. The normalized spacial score (nSPS) is 35.8. The van der Waals surface area contributed by atoms with E-state index in [2.05, 4.69) is 60.7 Å². The van der Waals surface area contributed by atoms with Crippen LogP contribution in [0.5, 0.6) is 0 Å². The summed E-state index contributed by atoms with van der Waals surface area (Å²) in [6.45, 7) is 0. The predicted octanol–water partition coefficient (Wildman–Crippen LogP) is 4.57. The number of hydrogen-bond acceptors (Lipinski definition) is 0. The summed E-state index contributed by atoms with van der Waals surface area (Å²) in [5, 5.41) is 0. The van der Waals surface area contributed by atoms with Crippen LogP contribution in [-0.4, -0.2) is 0 Å². The third-order valence-electron chi connectivity index (χ3n) is 4.87. The standard InChI is InChI=1S/C18H18/c1-2-7-15-12-16(11-14(15)6-1)18-10-9-13-5-3-4-8-17(13)18/h1-10,14-16,18H,11-12H2. The highest BCUT2D eigenvalue weighted by Crippen LogP contribution is 2.48. The van der Waals surface area contributed by atoms with Crippen molar-refractivity contribution < 1.29 is 0 Å². The average Bonchev–Trinajstić information content (AvgIpc) is 3.02. The predicted molar refractivity (Wildman–Crippen MR) is 76.2 cm³/mol. The lowest BCUT2D eigenvalue weighted by Crippen LogP contribution is -2.06. The summed E-state index contributed by atoms with van der Waals surface area (Å²) in [5.41, 5.74) is 2.98. The molecule has 0 bridgehead atoms. The second-order valence-electron chi connectivity index (χ2n) is 5.84. The summed E-state index contributed by atoms with van der Waals surface area (Å²) in [6.07, 6.45) is 16.7. The van der Waals surface area contributed by atoms with E-state index in [1.165, 1.54) is 18.4 Å². The molecule has 0 saturated heterocycles. The van der Waals surface area contributed by atoms with Gasteiger partial charge in [-0.15, -0.1) is 0 Å². The van der Waals surface area contributed by atoms with Crippen LogP contribution in [0.4, 0.5) is 0 Å². The van der Waals surface area contributed by atoms with Gasteiger partial charge in [-0.25, -0.2) is 0 Å². The van der Waals surface area contributed by atoms with E-state index in [0.29, 0.717) is 5.92 Å². The van der Waals surface area contributed by atoms with Gasteiger partial charge in [0.25, 0.3) is 0 Å². The van der Waals surface area contributed by atoms with Crippen LogP contribution in [0.2, 0.25) is 0 Å². The van der Waals surface area contributed by atoms with Crippen molar-refractivity contribution in [2.75, 3.05) is 0 Å². The van der Waals surface area contributed by atoms with E-state index in [4.69, 9.17) is 0 Å². The Morgan fingerprint density at radius 2 is 1.56 bits per heavy atom. The van der Waals surface area contributed by atoms with Gasteiger partial charge in [0.05, 0.1) is 0 Å². The van der Waals surface area contributed by atoms with Gasteiger partial charge in [-0.3, -0.25) is 0 Å². The first-order valence-electron chi connectivity index (χ1n) is 7.04. The number of fused-ring (bicyclic) bond motifs is 2. The van der Waals surface area contributed by atoms with Crippen molar-refractivity contribution in [1.82, 2.24) is 0 Å². The fourth-order valence-corrected chi connectivity index (χ4v) is 3.98. The SMILES string of the molecule is C1=CC2CC(C3C=Cc4ccccc43)CC2C=C1. The van der Waals surface area contributed by atoms with Gasteiger partial charge in [-0.2, -0.15) is 0 Å². The van der Waals surface area contributed by atoms with Crippen LogP contribution >= 0.6 is 0 Å². The minimum absolute atomic E-state index is 0.661. The first-order chi connectivity index (χ1) is 8.92. The van der Waals surface area contributed by atoms with Crippen LogP contribution in [-0.2, 0) is 0 Å². The minimum atomic E-state index is 0.661. The highest BCUT2D eigenvalue weighted by Gasteiger charge is 2.37. The molecule has 1 aromatic carbocycles. The van der Waals surface area contributed by atoms with E-state index in [0.717, 1.165) is 17.8 Å². The van der Waals surface area contributed by atoms with Gasteiger partial charge >= 0.3 is 0 Å². The summed E-state index contributed by atoms with van der Waals surface area (Å²) in [5.74, 6) is 3.07. The molecule has 3 unspecified atom stereocenters. The molecule has 4 rings (SSSR count). The van der Waals surface area contributed by atoms with E-state index in [9.17, 15) is 0 Å². The number of hydrogen-bond donors (Lipinski definition) is 0. The summed E-state index contributed by atoms with van der Waals surface area (Å²) in [4.78, 5) is 0. The molecule has 0 radical (unpaired) electrons. The maximum atomic E-state index is 2.43. The van der Waals surface area contributed by atoms with Crippen molar-refractivity contribution in [3.8, 4) is 0 Å². The molecule has 0 N–H and O–H groups in total. The zero-order valence-corrected chi connectivity index (χ0v) is 10.5. The fourth-order valence-electron chi connectivity index (χ4n) is 3.98. The quantitative estimate of drug-likeness (QED) is 0.668. The largest absolute Gasteiger partial charge is 0.0808 e. The van der Waals surface area contributed by atoms with E-state index < -0.39 is 0 Å². The molecule has 0 spiro atoms. The van der Waals surface area contributed by atoms with Crippen molar-refractivity contribution in [3.05, 3.63) is 65.8 Å². The van der Waals surface area contributed by atoms with Crippen molar-refractivity contribution in [2.45, 2.75) is 18.8 Å². The maximum absolute atomic E-state index is 2.43. The smallest absolute Gasteiger partial charge is 0.00559 e. The number of rotatable bonds is 1. The number of benzene rings is 1. The molecule has 3 atom stereocenters. The van der Waals surface area contributed by atoms with Gasteiger partial charge in [-0.05, 0) is 41.7 Å². The number of allylic oxidation sites excluding steroid dienone is 5. The van der Waals surface area contributed by atoms with Gasteiger partial charge < -0.3 is 0 Å². The molecule has 3 aliphatic carbocycles. The van der Waals surface area contributed by atoms with Crippen LogP contribution in [0.15, 0.2) is 54.6 Å². The van der Waals surface area contributed by atoms with Gasteiger partial charge in [0.1, 0.15) is 0 Å². The summed E-state index contributed by atoms with van der Waals surface area (Å²) >= 11 is 0. The van der Waals surface area contributed by atoms with Crippen LogP contribution in [0.3, 0.4) is 0 Å². The highest BCUT2D eigenvalue weighted by molar-refractivity contribution is 5.62. The van der Waals surface area contributed by atoms with E-state index >= 15 is 0 Å². The van der Waals surface area contributed by atoms with Gasteiger partial charge in [0.2, 0.25) is 0 Å². The second kappa shape index (κ2) is 3.98. The zero-order chi connectivity index (χ0) is 11.9. The van der Waals surface area contributed by atoms with Crippen LogP contribution in [0.1, 0.15) is 29.9 Å². The Balaban J connectivity index is 1.62. The Kier molecular flexibility index (Phi) is 2.29. The third kappa shape index (κ3) is 1.52. The fraction of sp³-hybridized carbons (Fsp3) is 0.333. The third-order valence-corrected chi connectivity index (χ3v) is 4.87. The van der Waals surface area contributed by atoms with Crippen LogP contribution in [0, 0.1) is 17.8 Å². The van der Waals surface area contributed by atoms with Crippen molar-refractivity contribution in [2.24, 2.45) is 17.8 Å². The van der Waals surface area contributed by atoms with Crippen LogP contribution in [0.25, 0.3) is 6.08 Å². The van der Waals surface area contributed by atoms with E-state index in [-0.39, 0.29) is 0 Å². The zero-order valence-electron chi connectivity index (χ0n) is 10.5. The van der Waals surface area contributed by atoms with Crippen molar-refractivity contribution in [3.63, 3.8) is 0 Å². The topological polar surface area (TPSA) is 0 Å². The molecule has 0 amide bonds. The Bertz CT molecular complexity index is 527. The van der Waals surface area contributed by atoms with E-state index in [1.54, 1.807) is 5.56 Å². The molecule has 90 valence electrons. The monoisotopic (exact) mass is 234 g/mol. The maximum Gasteiger partial charge on any atom is 0.00559 e. The van der Waals surface area contributed by atoms with Crippen molar-refractivity contribution >= 4 is 6.08 Å². The lowest BCUT2D eigenvalue weighted by molar-refractivity contribution is 0.483. The molecular weight excluding hydrogens is 216 g/mol. The molecule has 0 nitrogen and oxygen atoms in total. The second-order valence-corrected chi connectivity index (χ2v) is 5.84. The lowest BCUT2D eigenvalue weighted by atomic mass is 9.86. The average molecular weight is 234 g/mol. The summed E-state index contributed by atoms with van der Waals surface area (Å²) in [6, 6.07) is 8.88. The summed E-state index contributed by atoms with van der Waals surface area (Å²) in [7, 11) is 0. The van der Waals surface area contributed by atoms with Gasteiger partial charge in [-0.1, -0.05) is 60.7 Å². The molecule has 18 heavy (non-hydrogen) atoms.